The predicted molar refractivity (Wildman–Crippen MR) is 223 cm³/mol. The Labute approximate surface area is 350 Å². The highest BCUT2D eigenvalue weighted by atomic mass is 35.5. The van der Waals surface area contributed by atoms with E-state index in [-0.39, 0.29) is 53.9 Å². The van der Waals surface area contributed by atoms with Crippen molar-refractivity contribution >= 4 is 75.2 Å². The molecule has 3 N–H and O–H groups in total. The van der Waals surface area contributed by atoms with E-state index in [9.17, 15) is 28.8 Å². The molecule has 314 valence electrons. The number of halogens is 1. The number of nitrogens with zero attached hydrogens (tertiary/aromatic N) is 6. The fraction of sp³-hybridized carbons (Fsp3) is 0.429. The Morgan fingerprint density at radius 2 is 1.67 bits per heavy atom. The lowest BCUT2D eigenvalue weighted by Gasteiger charge is -2.36. The number of aryl methyl sites for hydroxylation is 1. The summed E-state index contributed by atoms with van der Waals surface area (Å²) in [5.41, 5.74) is 2.52. The van der Waals surface area contributed by atoms with Gasteiger partial charge in [0, 0.05) is 69.6 Å². The Bertz CT molecular complexity index is 2430. The minimum Gasteiger partial charge on any atom is -0.478 e. The van der Waals surface area contributed by atoms with Crippen molar-refractivity contribution in [3.05, 3.63) is 75.2 Å². The topological polar surface area (TPSA) is 197 Å². The molecule has 0 bridgehead atoms. The van der Waals surface area contributed by atoms with Crippen molar-refractivity contribution in [3.8, 4) is 5.75 Å². The number of rotatable bonds is 12. The van der Waals surface area contributed by atoms with Crippen molar-refractivity contribution < 1.29 is 33.4 Å². The van der Waals surface area contributed by atoms with Crippen molar-refractivity contribution in [3.63, 3.8) is 0 Å². The molecule has 5 amide bonds. The molecule has 4 aliphatic heterocycles. The van der Waals surface area contributed by atoms with Crippen molar-refractivity contribution in [2.24, 2.45) is 5.92 Å². The SMILES string of the molecule is CCn1c(=O)c(OCC(=O)NC)cc2cc(Nc3nc(N4CCC(OCC5CCN(c6ccc7c(c6)C(=O)N(C6CCC(=O)NC6=O)C7=O)CC5)CC4)ncc3Cl)ccc21. The van der Waals surface area contributed by atoms with Crippen molar-refractivity contribution in [2.75, 3.05) is 61.6 Å². The zero-order valence-corrected chi connectivity index (χ0v) is 34.1. The number of likely N-dealkylation sites (N-methyl/N-ethyl adjacent to an activating group) is 1. The smallest absolute Gasteiger partial charge is 0.293 e. The Hall–Kier alpha value is -6.07. The number of hydrogen-bond acceptors (Lipinski definition) is 13. The summed E-state index contributed by atoms with van der Waals surface area (Å²) >= 11 is 6.56. The molecule has 4 aliphatic rings. The number of amides is 5. The molecule has 1 atom stereocenters. The number of benzene rings is 2. The third kappa shape index (κ3) is 8.23. The first-order valence-electron chi connectivity index (χ1n) is 20.3. The van der Waals surface area contributed by atoms with Crippen LogP contribution in [0, 0.1) is 5.92 Å². The van der Waals surface area contributed by atoms with Crippen molar-refractivity contribution in [1.82, 2.24) is 30.1 Å². The predicted octanol–water partition coefficient (Wildman–Crippen LogP) is 3.64. The summed E-state index contributed by atoms with van der Waals surface area (Å²) in [4.78, 5) is 89.9. The van der Waals surface area contributed by atoms with E-state index in [0.717, 1.165) is 60.3 Å². The third-order valence-electron chi connectivity index (χ3n) is 11.7. The number of carbonyl (C=O) groups is 5. The highest BCUT2D eigenvalue weighted by molar-refractivity contribution is 6.33. The van der Waals surface area contributed by atoms with Crippen LogP contribution >= 0.6 is 11.6 Å². The zero-order chi connectivity index (χ0) is 42.1. The van der Waals surface area contributed by atoms with E-state index in [1.165, 1.54) is 7.05 Å². The zero-order valence-electron chi connectivity index (χ0n) is 33.4. The molecule has 2 aromatic carbocycles. The second-order valence-corrected chi connectivity index (χ2v) is 15.8. The summed E-state index contributed by atoms with van der Waals surface area (Å²) in [6, 6.07) is 11.5. The average Bonchev–Trinajstić information content (AvgIpc) is 3.50. The molecule has 4 aromatic rings. The number of hydrogen-bond donors (Lipinski definition) is 3. The Morgan fingerprint density at radius 1 is 0.917 bits per heavy atom. The second kappa shape index (κ2) is 17.3. The summed E-state index contributed by atoms with van der Waals surface area (Å²) < 4.78 is 13.6. The van der Waals surface area contributed by atoms with Crippen LogP contribution < -0.4 is 36.0 Å². The van der Waals surface area contributed by atoms with Crippen molar-refractivity contribution in [2.45, 2.75) is 64.1 Å². The first-order chi connectivity index (χ1) is 29.0. The lowest BCUT2D eigenvalue weighted by Crippen LogP contribution is -2.54. The fourth-order valence-corrected chi connectivity index (χ4v) is 8.45. The highest BCUT2D eigenvalue weighted by Crippen LogP contribution is 2.33. The Kier molecular flexibility index (Phi) is 11.7. The van der Waals surface area contributed by atoms with E-state index in [0.29, 0.717) is 54.6 Å². The van der Waals surface area contributed by atoms with Crippen LogP contribution in [0.1, 0.15) is 66.2 Å². The van der Waals surface area contributed by atoms with Gasteiger partial charge in [-0.15, -0.1) is 0 Å². The molecule has 18 heteroatoms. The molecule has 1 unspecified atom stereocenters. The van der Waals surface area contributed by atoms with Gasteiger partial charge in [0.25, 0.3) is 23.3 Å². The molecule has 2 aromatic heterocycles. The first kappa shape index (κ1) is 40.7. The van der Waals surface area contributed by atoms with Gasteiger partial charge in [-0.05, 0) is 87.4 Å². The molecule has 3 fully saturated rings. The quantitative estimate of drug-likeness (QED) is 0.175. The number of nitrogens with one attached hydrogen (secondary N) is 3. The van der Waals surface area contributed by atoms with Gasteiger partial charge in [-0.1, -0.05) is 11.6 Å². The van der Waals surface area contributed by atoms with Gasteiger partial charge in [0.1, 0.15) is 11.1 Å². The normalized spacial score (nSPS) is 18.9. The van der Waals surface area contributed by atoms with Gasteiger partial charge in [-0.25, -0.2) is 4.98 Å². The number of ether oxygens (including phenoxy) is 2. The van der Waals surface area contributed by atoms with E-state index < -0.39 is 29.7 Å². The summed E-state index contributed by atoms with van der Waals surface area (Å²) in [6.45, 7) is 5.67. The maximum Gasteiger partial charge on any atom is 0.293 e. The molecule has 0 radical (unpaired) electrons. The van der Waals surface area contributed by atoms with E-state index in [1.807, 2.05) is 31.2 Å². The number of carbonyl (C=O) groups excluding carboxylic acids is 5. The lowest BCUT2D eigenvalue weighted by atomic mass is 9.96. The van der Waals surface area contributed by atoms with Gasteiger partial charge in [0.2, 0.25) is 17.8 Å². The maximum atomic E-state index is 13.3. The van der Waals surface area contributed by atoms with Crippen LogP contribution in [0.4, 0.5) is 23.1 Å². The Morgan fingerprint density at radius 3 is 2.40 bits per heavy atom. The number of aromatic nitrogens is 3. The Balaban J connectivity index is 0.824. The number of pyridine rings is 1. The monoisotopic (exact) mass is 839 g/mol. The van der Waals surface area contributed by atoms with E-state index in [2.05, 4.69) is 30.7 Å². The highest BCUT2D eigenvalue weighted by Gasteiger charge is 2.45. The molecule has 0 aliphatic carbocycles. The maximum absolute atomic E-state index is 13.3. The first-order valence-corrected chi connectivity index (χ1v) is 20.7. The van der Waals surface area contributed by atoms with Gasteiger partial charge in [-0.2, -0.15) is 4.98 Å². The summed E-state index contributed by atoms with van der Waals surface area (Å²) in [6.07, 6.45) is 5.37. The molecular formula is C42H46ClN9O8. The van der Waals surface area contributed by atoms with Crippen LogP contribution in [-0.2, 0) is 25.7 Å². The van der Waals surface area contributed by atoms with Gasteiger partial charge in [0.15, 0.2) is 18.2 Å². The fourth-order valence-electron chi connectivity index (χ4n) is 8.31. The number of fused-ring (bicyclic) bond motifs is 2. The van der Waals surface area contributed by atoms with Crippen LogP contribution in [0.5, 0.6) is 5.75 Å². The number of piperidine rings is 3. The molecule has 0 spiro atoms. The summed E-state index contributed by atoms with van der Waals surface area (Å²) in [5.74, 6) is -0.904. The second-order valence-electron chi connectivity index (χ2n) is 15.4. The van der Waals surface area contributed by atoms with Gasteiger partial charge in [0.05, 0.1) is 28.9 Å². The van der Waals surface area contributed by atoms with Crippen LogP contribution in [0.25, 0.3) is 10.9 Å². The van der Waals surface area contributed by atoms with Gasteiger partial charge in [-0.3, -0.25) is 39.0 Å². The number of imide groups is 2. The third-order valence-corrected chi connectivity index (χ3v) is 12.0. The molecule has 0 saturated carbocycles. The minimum absolute atomic E-state index is 0.0788. The molecule has 17 nitrogen and oxygen atoms in total. The van der Waals surface area contributed by atoms with E-state index >= 15 is 0 Å². The molecule has 60 heavy (non-hydrogen) atoms. The molecule has 6 heterocycles. The lowest BCUT2D eigenvalue weighted by molar-refractivity contribution is -0.136. The summed E-state index contributed by atoms with van der Waals surface area (Å²) in [5, 5.41) is 9.12. The van der Waals surface area contributed by atoms with Crippen LogP contribution in [0.2, 0.25) is 5.02 Å². The minimum atomic E-state index is -0.989. The molecular weight excluding hydrogens is 794 g/mol. The summed E-state index contributed by atoms with van der Waals surface area (Å²) in [7, 11) is 1.50. The standard InChI is InChI=1S/C42H46ClN9O8/c1-3-51-32-7-4-26(18-25(32)19-34(41(51)58)60-23-36(54)44-2)46-37-31(43)21-45-42(48-37)50-16-12-28(13-17-50)59-22-24-10-14-49(15-11-24)27-5-6-29-30(20-27)40(57)52(39(29)56)33-8-9-35(53)47-38(33)55/h4-7,18-21,24,28,33H,3,8-17,22-23H2,1-2H3,(H,44,54)(H,45,46,48)(H,47,53,55). The van der Waals surface area contributed by atoms with Crippen LogP contribution in [-0.4, -0.2) is 108 Å². The average molecular weight is 840 g/mol. The molecule has 3 saturated heterocycles. The van der Waals surface area contributed by atoms with Crippen molar-refractivity contribution in [1.29, 1.82) is 0 Å². The van der Waals surface area contributed by atoms with E-state index in [1.54, 1.807) is 29.0 Å². The van der Waals surface area contributed by atoms with Gasteiger partial charge < -0.3 is 34.5 Å². The van der Waals surface area contributed by atoms with Crippen LogP contribution in [0.3, 0.4) is 0 Å². The largest absolute Gasteiger partial charge is 0.478 e. The molecule has 8 rings (SSSR count). The van der Waals surface area contributed by atoms with E-state index in [4.69, 9.17) is 26.1 Å². The van der Waals surface area contributed by atoms with Crippen LogP contribution in [0.15, 0.2) is 53.5 Å². The number of anilines is 4. The van der Waals surface area contributed by atoms with Gasteiger partial charge >= 0.3 is 0 Å².